The van der Waals surface area contributed by atoms with E-state index >= 15 is 0 Å². The predicted octanol–water partition coefficient (Wildman–Crippen LogP) is 1.40. The third-order valence-corrected chi connectivity index (χ3v) is 2.65. The van der Waals surface area contributed by atoms with E-state index in [0.717, 1.165) is 6.42 Å². The zero-order chi connectivity index (χ0) is 13.8. The van der Waals surface area contributed by atoms with E-state index in [0.29, 0.717) is 19.4 Å². The Balaban J connectivity index is 2.37. The van der Waals surface area contributed by atoms with E-state index < -0.39 is 5.60 Å². The minimum Gasteiger partial charge on any atom is -0.466 e. The molecule has 1 N–H and O–H groups in total. The van der Waals surface area contributed by atoms with Crippen molar-refractivity contribution in [3.63, 3.8) is 0 Å². The largest absolute Gasteiger partial charge is 0.466 e. The monoisotopic (exact) mass is 257 g/mol. The fourth-order valence-corrected chi connectivity index (χ4v) is 1.96. The number of ether oxygens (including phenoxy) is 2. The van der Waals surface area contributed by atoms with Gasteiger partial charge in [-0.15, -0.1) is 0 Å². The van der Waals surface area contributed by atoms with Crippen molar-refractivity contribution >= 4 is 11.9 Å². The molecule has 1 rings (SSSR count). The van der Waals surface area contributed by atoms with Gasteiger partial charge >= 0.3 is 11.9 Å². The topological polar surface area (TPSA) is 64.6 Å². The van der Waals surface area contributed by atoms with Gasteiger partial charge in [-0.1, -0.05) is 0 Å². The number of carbonyl (C=O) groups is 2. The van der Waals surface area contributed by atoms with E-state index in [1.54, 1.807) is 6.92 Å². The van der Waals surface area contributed by atoms with Gasteiger partial charge in [0.05, 0.1) is 13.0 Å². The van der Waals surface area contributed by atoms with Crippen LogP contribution >= 0.6 is 0 Å². The van der Waals surface area contributed by atoms with Crippen molar-refractivity contribution in [3.8, 4) is 0 Å². The highest BCUT2D eigenvalue weighted by molar-refractivity contribution is 5.77. The summed E-state index contributed by atoms with van der Waals surface area (Å²) < 4.78 is 10.2. The molecule has 1 fully saturated rings. The van der Waals surface area contributed by atoms with E-state index in [1.807, 2.05) is 20.8 Å². The van der Waals surface area contributed by atoms with E-state index in [4.69, 9.17) is 9.47 Å². The van der Waals surface area contributed by atoms with Gasteiger partial charge in [0.1, 0.15) is 11.6 Å². The van der Waals surface area contributed by atoms with Gasteiger partial charge in [0.25, 0.3) is 0 Å². The van der Waals surface area contributed by atoms with Crippen LogP contribution in [0.15, 0.2) is 0 Å². The highest BCUT2D eigenvalue weighted by atomic mass is 16.6. The normalized spacial score (nSPS) is 23.8. The molecule has 0 spiro atoms. The first-order valence-electron chi connectivity index (χ1n) is 6.46. The summed E-state index contributed by atoms with van der Waals surface area (Å²) in [5.74, 6) is -0.464. The van der Waals surface area contributed by atoms with Crippen LogP contribution in [0.4, 0.5) is 0 Å². The zero-order valence-corrected chi connectivity index (χ0v) is 11.6. The van der Waals surface area contributed by atoms with Gasteiger partial charge in [-0.05, 0) is 40.5 Å². The van der Waals surface area contributed by atoms with Crippen molar-refractivity contribution in [2.75, 3.05) is 6.61 Å². The second-order valence-electron chi connectivity index (χ2n) is 5.54. The molecule has 0 aliphatic carbocycles. The van der Waals surface area contributed by atoms with Crippen molar-refractivity contribution in [2.24, 2.45) is 0 Å². The molecule has 0 saturated carbocycles. The van der Waals surface area contributed by atoms with Crippen LogP contribution in [0.3, 0.4) is 0 Å². The van der Waals surface area contributed by atoms with E-state index in [1.165, 1.54) is 0 Å². The van der Waals surface area contributed by atoms with Crippen LogP contribution < -0.4 is 5.32 Å². The SMILES string of the molecule is CCOC(=O)C[C@@H]1CC[C@H](C(=O)OC(C)(C)C)N1. The first-order chi connectivity index (χ1) is 8.31. The summed E-state index contributed by atoms with van der Waals surface area (Å²) in [4.78, 5) is 23.1. The molecular weight excluding hydrogens is 234 g/mol. The zero-order valence-electron chi connectivity index (χ0n) is 11.6. The molecule has 0 unspecified atom stereocenters. The maximum absolute atomic E-state index is 11.8. The molecular formula is C13H23NO4. The first-order valence-corrected chi connectivity index (χ1v) is 6.46. The second kappa shape index (κ2) is 6.18. The molecule has 0 bridgehead atoms. The number of esters is 2. The van der Waals surface area contributed by atoms with Crippen LogP contribution in [-0.2, 0) is 19.1 Å². The Bertz CT molecular complexity index is 309. The summed E-state index contributed by atoms with van der Waals surface area (Å²) in [7, 11) is 0. The fraction of sp³-hybridized carbons (Fsp3) is 0.846. The van der Waals surface area contributed by atoms with Crippen LogP contribution in [0.1, 0.15) is 47.0 Å². The van der Waals surface area contributed by atoms with Gasteiger partial charge in [0.2, 0.25) is 0 Å². The Hall–Kier alpha value is -1.10. The summed E-state index contributed by atoms with van der Waals surface area (Å²) in [6.07, 6.45) is 1.81. The van der Waals surface area contributed by atoms with Crippen molar-refractivity contribution < 1.29 is 19.1 Å². The maximum Gasteiger partial charge on any atom is 0.323 e. The molecule has 5 nitrogen and oxygen atoms in total. The lowest BCUT2D eigenvalue weighted by Gasteiger charge is -2.22. The number of nitrogens with one attached hydrogen (secondary N) is 1. The maximum atomic E-state index is 11.8. The lowest BCUT2D eigenvalue weighted by molar-refractivity contribution is -0.157. The quantitative estimate of drug-likeness (QED) is 0.771. The number of rotatable bonds is 4. The van der Waals surface area contributed by atoms with Crippen molar-refractivity contribution in [2.45, 2.75) is 64.6 Å². The molecule has 1 saturated heterocycles. The highest BCUT2D eigenvalue weighted by Crippen LogP contribution is 2.19. The molecule has 0 aromatic rings. The smallest absolute Gasteiger partial charge is 0.323 e. The number of hydrogen-bond donors (Lipinski definition) is 1. The van der Waals surface area contributed by atoms with Crippen molar-refractivity contribution in [1.82, 2.24) is 5.32 Å². The summed E-state index contributed by atoms with van der Waals surface area (Å²) in [5.41, 5.74) is -0.474. The molecule has 1 heterocycles. The minimum atomic E-state index is -0.474. The highest BCUT2D eigenvalue weighted by Gasteiger charge is 2.33. The van der Waals surface area contributed by atoms with Gasteiger partial charge in [0, 0.05) is 6.04 Å². The number of carbonyl (C=O) groups excluding carboxylic acids is 2. The summed E-state index contributed by atoms with van der Waals surface area (Å²) in [6, 6.07) is -0.287. The molecule has 0 aromatic carbocycles. The summed E-state index contributed by atoms with van der Waals surface area (Å²) in [5, 5.41) is 3.13. The van der Waals surface area contributed by atoms with Crippen molar-refractivity contribution in [3.05, 3.63) is 0 Å². The van der Waals surface area contributed by atoms with Crippen LogP contribution in [0.5, 0.6) is 0 Å². The second-order valence-corrected chi connectivity index (χ2v) is 5.54. The van der Waals surface area contributed by atoms with Gasteiger partial charge in [-0.2, -0.15) is 0 Å². The standard InChI is InChI=1S/C13H23NO4/c1-5-17-11(15)8-9-6-7-10(14-9)12(16)18-13(2,3)4/h9-10,14H,5-8H2,1-4H3/t9-,10+/m0/s1. The minimum absolute atomic E-state index is 0.0153. The Kier molecular flexibility index (Phi) is 5.14. The molecule has 18 heavy (non-hydrogen) atoms. The molecule has 0 radical (unpaired) electrons. The first kappa shape index (κ1) is 15.0. The third kappa shape index (κ3) is 5.04. The predicted molar refractivity (Wildman–Crippen MR) is 67.0 cm³/mol. The Morgan fingerprint density at radius 1 is 1.28 bits per heavy atom. The lowest BCUT2D eigenvalue weighted by Crippen LogP contribution is -2.40. The van der Waals surface area contributed by atoms with Crippen LogP contribution in [0, 0.1) is 0 Å². The molecule has 1 aliphatic heterocycles. The van der Waals surface area contributed by atoms with E-state index in [-0.39, 0.29) is 24.0 Å². The lowest BCUT2D eigenvalue weighted by atomic mass is 10.1. The molecule has 0 amide bonds. The molecule has 1 aliphatic rings. The van der Waals surface area contributed by atoms with Gasteiger partial charge in [-0.3, -0.25) is 9.59 Å². The summed E-state index contributed by atoms with van der Waals surface area (Å²) in [6.45, 7) is 7.70. The molecule has 104 valence electrons. The summed E-state index contributed by atoms with van der Waals surface area (Å²) >= 11 is 0. The average molecular weight is 257 g/mol. The van der Waals surface area contributed by atoms with Crippen molar-refractivity contribution in [1.29, 1.82) is 0 Å². The number of hydrogen-bond acceptors (Lipinski definition) is 5. The third-order valence-electron chi connectivity index (χ3n) is 2.65. The Labute approximate surface area is 108 Å². The van der Waals surface area contributed by atoms with Crippen LogP contribution in [-0.4, -0.2) is 36.2 Å². The molecule has 0 aromatic heterocycles. The fourth-order valence-electron chi connectivity index (χ4n) is 1.96. The van der Waals surface area contributed by atoms with Crippen LogP contribution in [0.2, 0.25) is 0 Å². The van der Waals surface area contributed by atoms with Gasteiger partial charge in [0.15, 0.2) is 0 Å². The Morgan fingerprint density at radius 3 is 2.50 bits per heavy atom. The molecule has 2 atom stereocenters. The van der Waals surface area contributed by atoms with E-state index in [9.17, 15) is 9.59 Å². The van der Waals surface area contributed by atoms with Crippen LogP contribution in [0.25, 0.3) is 0 Å². The van der Waals surface area contributed by atoms with Gasteiger partial charge in [-0.25, -0.2) is 0 Å². The van der Waals surface area contributed by atoms with E-state index in [2.05, 4.69) is 5.32 Å². The average Bonchev–Trinajstić information content (AvgIpc) is 2.63. The van der Waals surface area contributed by atoms with Gasteiger partial charge < -0.3 is 14.8 Å². The molecule has 5 heteroatoms. The Morgan fingerprint density at radius 2 is 1.94 bits per heavy atom.